The van der Waals surface area contributed by atoms with Gasteiger partial charge in [-0.2, -0.15) is 5.10 Å². The lowest BCUT2D eigenvalue weighted by Crippen LogP contribution is -2.38. The summed E-state index contributed by atoms with van der Waals surface area (Å²) < 4.78 is 24.2. The second-order valence-corrected chi connectivity index (χ2v) is 8.70. The summed E-state index contributed by atoms with van der Waals surface area (Å²) >= 11 is 0. The maximum atomic E-state index is 11.2. The molecule has 0 atom stereocenters. The van der Waals surface area contributed by atoms with Crippen molar-refractivity contribution in [3.63, 3.8) is 0 Å². The summed E-state index contributed by atoms with van der Waals surface area (Å²) in [6, 6.07) is 0. The highest BCUT2D eigenvalue weighted by Gasteiger charge is 2.15. The number of aliphatic imine (C=N–C) groups is 1. The Labute approximate surface area is 146 Å². The molecule has 1 heterocycles. The molecular weight excluding hydrogens is 326 g/mol. The van der Waals surface area contributed by atoms with Gasteiger partial charge in [-0.1, -0.05) is 13.8 Å². The van der Waals surface area contributed by atoms with Crippen molar-refractivity contribution in [2.24, 2.45) is 12.0 Å². The molecule has 138 valence electrons. The molecule has 0 radical (unpaired) electrons. The topological polar surface area (TPSA) is 79.6 Å². The highest BCUT2D eigenvalue weighted by Crippen LogP contribution is 2.18. The molecule has 1 aromatic rings. The van der Waals surface area contributed by atoms with Gasteiger partial charge in [-0.3, -0.25) is 9.67 Å². The van der Waals surface area contributed by atoms with Gasteiger partial charge in [-0.15, -0.1) is 0 Å². The molecule has 8 heteroatoms. The first-order valence-corrected chi connectivity index (χ1v) is 10.4. The van der Waals surface area contributed by atoms with Crippen LogP contribution in [0.2, 0.25) is 0 Å². The molecule has 0 fully saturated rings. The van der Waals surface area contributed by atoms with E-state index in [1.807, 2.05) is 36.8 Å². The fraction of sp³-hybridized carbons (Fsp3) is 0.750. The summed E-state index contributed by atoms with van der Waals surface area (Å²) in [4.78, 5) is 6.58. The molecule has 7 nitrogen and oxygen atoms in total. The summed E-state index contributed by atoms with van der Waals surface area (Å²) in [5.41, 5.74) is 2.27. The van der Waals surface area contributed by atoms with Gasteiger partial charge in [0.1, 0.15) is 9.84 Å². The van der Waals surface area contributed by atoms with Crippen molar-refractivity contribution in [3.8, 4) is 0 Å². The lowest BCUT2D eigenvalue weighted by Gasteiger charge is -2.22. The standard InChI is InChI=1S/C16H31N5O2S/c1-7-17-16(18-9-8-10-24(6,22)23)20(4)11-14-12-21(5)19-15(14)13(2)3/h12-13H,7-11H2,1-6H3,(H,17,18). The predicted octanol–water partition coefficient (Wildman–Crippen LogP) is 1.38. The minimum Gasteiger partial charge on any atom is -0.357 e. The van der Waals surface area contributed by atoms with E-state index >= 15 is 0 Å². The van der Waals surface area contributed by atoms with E-state index in [2.05, 4.69) is 29.3 Å². The summed E-state index contributed by atoms with van der Waals surface area (Å²) in [5, 5.41) is 7.79. The number of aryl methyl sites for hydroxylation is 1. The Hall–Kier alpha value is -1.57. The highest BCUT2D eigenvalue weighted by molar-refractivity contribution is 7.90. The van der Waals surface area contributed by atoms with Crippen LogP contribution in [0, 0.1) is 0 Å². The Kier molecular flexibility index (Phi) is 7.72. The predicted molar refractivity (Wildman–Crippen MR) is 99.1 cm³/mol. The van der Waals surface area contributed by atoms with Crippen molar-refractivity contribution in [2.45, 2.75) is 39.7 Å². The van der Waals surface area contributed by atoms with Crippen LogP contribution in [0.1, 0.15) is 44.4 Å². The summed E-state index contributed by atoms with van der Waals surface area (Å²) in [6.45, 7) is 8.25. The van der Waals surface area contributed by atoms with Gasteiger partial charge in [0.25, 0.3) is 0 Å². The third-order valence-corrected chi connectivity index (χ3v) is 4.55. The molecule has 1 N–H and O–H groups in total. The van der Waals surface area contributed by atoms with Crippen LogP contribution in [-0.4, -0.2) is 61.2 Å². The van der Waals surface area contributed by atoms with E-state index in [0.717, 1.165) is 18.2 Å². The van der Waals surface area contributed by atoms with Crippen LogP contribution < -0.4 is 5.32 Å². The fourth-order valence-electron chi connectivity index (χ4n) is 2.47. The van der Waals surface area contributed by atoms with Gasteiger partial charge < -0.3 is 10.2 Å². The minimum atomic E-state index is -2.93. The molecule has 1 rings (SSSR count). The average molecular weight is 358 g/mol. The average Bonchev–Trinajstić information content (AvgIpc) is 2.82. The maximum Gasteiger partial charge on any atom is 0.193 e. The third kappa shape index (κ3) is 6.90. The van der Waals surface area contributed by atoms with Crippen LogP contribution in [0.3, 0.4) is 0 Å². The van der Waals surface area contributed by atoms with E-state index in [4.69, 9.17) is 0 Å². The van der Waals surface area contributed by atoms with Crippen molar-refractivity contribution >= 4 is 15.8 Å². The van der Waals surface area contributed by atoms with Crippen molar-refractivity contribution in [1.29, 1.82) is 0 Å². The molecule has 0 unspecified atom stereocenters. The van der Waals surface area contributed by atoms with Crippen molar-refractivity contribution in [1.82, 2.24) is 20.0 Å². The van der Waals surface area contributed by atoms with Gasteiger partial charge in [0.05, 0.1) is 11.4 Å². The first-order chi connectivity index (χ1) is 11.1. The number of aromatic nitrogens is 2. The molecule has 0 aliphatic rings. The van der Waals surface area contributed by atoms with Crippen LogP contribution in [-0.2, 0) is 23.4 Å². The largest absolute Gasteiger partial charge is 0.357 e. The maximum absolute atomic E-state index is 11.2. The Morgan fingerprint density at radius 1 is 1.46 bits per heavy atom. The van der Waals surface area contributed by atoms with Crippen LogP contribution >= 0.6 is 0 Å². The van der Waals surface area contributed by atoms with Crippen LogP contribution in [0.25, 0.3) is 0 Å². The van der Waals surface area contributed by atoms with Gasteiger partial charge in [-0.25, -0.2) is 8.42 Å². The molecule has 1 aromatic heterocycles. The molecule has 0 aliphatic heterocycles. The van der Waals surface area contributed by atoms with Crippen LogP contribution in [0.5, 0.6) is 0 Å². The second kappa shape index (κ2) is 9.05. The van der Waals surface area contributed by atoms with Crippen LogP contribution in [0.4, 0.5) is 0 Å². The van der Waals surface area contributed by atoms with Gasteiger partial charge in [-0.05, 0) is 19.3 Å². The molecule has 0 saturated carbocycles. The van der Waals surface area contributed by atoms with E-state index in [0.29, 0.717) is 25.4 Å². The number of guanidine groups is 1. The number of rotatable bonds is 8. The lowest BCUT2D eigenvalue weighted by atomic mass is 10.1. The van der Waals surface area contributed by atoms with Gasteiger partial charge in [0, 0.05) is 51.7 Å². The number of hydrogen-bond donors (Lipinski definition) is 1. The minimum absolute atomic E-state index is 0.166. The Morgan fingerprint density at radius 2 is 2.12 bits per heavy atom. The number of nitrogens with one attached hydrogen (secondary N) is 1. The molecule has 0 bridgehead atoms. The number of hydrogen-bond acceptors (Lipinski definition) is 4. The van der Waals surface area contributed by atoms with E-state index < -0.39 is 9.84 Å². The van der Waals surface area contributed by atoms with Gasteiger partial charge >= 0.3 is 0 Å². The van der Waals surface area contributed by atoms with Gasteiger partial charge in [0.15, 0.2) is 5.96 Å². The van der Waals surface area contributed by atoms with Crippen molar-refractivity contribution in [2.75, 3.05) is 32.1 Å². The quantitative estimate of drug-likeness (QED) is 0.432. The van der Waals surface area contributed by atoms with Crippen molar-refractivity contribution < 1.29 is 8.42 Å². The first kappa shape index (κ1) is 20.5. The van der Waals surface area contributed by atoms with E-state index in [-0.39, 0.29) is 5.75 Å². The molecule has 24 heavy (non-hydrogen) atoms. The highest BCUT2D eigenvalue weighted by atomic mass is 32.2. The van der Waals surface area contributed by atoms with Crippen molar-refractivity contribution in [3.05, 3.63) is 17.5 Å². The second-order valence-electron chi connectivity index (χ2n) is 6.44. The number of sulfone groups is 1. The number of nitrogens with zero attached hydrogens (tertiary/aromatic N) is 4. The van der Waals surface area contributed by atoms with E-state index in [1.165, 1.54) is 11.8 Å². The summed E-state index contributed by atoms with van der Waals surface area (Å²) in [6.07, 6.45) is 3.83. The molecule has 0 saturated heterocycles. The third-order valence-electron chi connectivity index (χ3n) is 3.52. The zero-order chi connectivity index (χ0) is 18.3. The molecular formula is C16H31N5O2S. The summed E-state index contributed by atoms with van der Waals surface area (Å²) in [5.74, 6) is 1.31. The van der Waals surface area contributed by atoms with Crippen LogP contribution in [0.15, 0.2) is 11.2 Å². The Balaban J connectivity index is 2.77. The molecule has 0 aromatic carbocycles. The monoisotopic (exact) mass is 357 g/mol. The first-order valence-electron chi connectivity index (χ1n) is 8.33. The van der Waals surface area contributed by atoms with E-state index in [1.54, 1.807) is 0 Å². The SMILES string of the molecule is CCNC(=NCCCS(C)(=O)=O)N(C)Cc1cn(C)nc1C(C)C. The normalized spacial score (nSPS) is 12.7. The smallest absolute Gasteiger partial charge is 0.193 e. The lowest BCUT2D eigenvalue weighted by molar-refractivity contribution is 0.473. The zero-order valence-corrected chi connectivity index (χ0v) is 16.5. The summed E-state index contributed by atoms with van der Waals surface area (Å²) in [7, 11) is 0.982. The molecule has 0 amide bonds. The van der Waals surface area contributed by atoms with E-state index in [9.17, 15) is 8.42 Å². The molecule has 0 aliphatic carbocycles. The Morgan fingerprint density at radius 3 is 2.67 bits per heavy atom. The fourth-order valence-corrected chi connectivity index (χ4v) is 3.13. The molecule has 0 spiro atoms. The Bertz CT molecular complexity index is 649. The zero-order valence-electron chi connectivity index (χ0n) is 15.7. The van der Waals surface area contributed by atoms with Gasteiger partial charge in [0.2, 0.25) is 0 Å².